The summed E-state index contributed by atoms with van der Waals surface area (Å²) in [4.78, 5) is 12.0. The lowest BCUT2D eigenvalue weighted by Crippen LogP contribution is -2.46. The van der Waals surface area contributed by atoms with E-state index in [-0.39, 0.29) is 29.0 Å². The molecular weight excluding hydrogens is 192 g/mol. The van der Waals surface area contributed by atoms with Crippen molar-refractivity contribution >= 4 is 5.97 Å². The summed E-state index contributed by atoms with van der Waals surface area (Å²) in [6, 6.07) is 0. The lowest BCUT2D eigenvalue weighted by atomic mass is 9.64. The molecular formula is C12H20O3. The molecule has 0 spiro atoms. The molecule has 0 aromatic rings. The van der Waals surface area contributed by atoms with Gasteiger partial charge in [-0.1, -0.05) is 13.8 Å². The normalized spacial score (nSPS) is 41.9. The molecule has 3 heteroatoms. The van der Waals surface area contributed by atoms with Crippen molar-refractivity contribution in [1.82, 2.24) is 0 Å². The minimum absolute atomic E-state index is 0.00595. The van der Waals surface area contributed by atoms with Crippen LogP contribution < -0.4 is 0 Å². The fourth-order valence-corrected chi connectivity index (χ4v) is 3.07. The smallest absolute Gasteiger partial charge is 0.312 e. The fourth-order valence-electron chi connectivity index (χ4n) is 3.07. The molecule has 0 aromatic heterocycles. The van der Waals surface area contributed by atoms with Gasteiger partial charge in [-0.05, 0) is 32.1 Å². The molecule has 1 heterocycles. The molecule has 2 fully saturated rings. The lowest BCUT2D eigenvalue weighted by molar-refractivity contribution is -0.156. The summed E-state index contributed by atoms with van der Waals surface area (Å²) in [7, 11) is 0. The van der Waals surface area contributed by atoms with Gasteiger partial charge in [-0.25, -0.2) is 0 Å². The topological polar surface area (TPSA) is 38.8 Å². The van der Waals surface area contributed by atoms with Crippen molar-refractivity contribution in [2.45, 2.75) is 52.2 Å². The minimum Gasteiger partial charge on any atom is -0.466 e. The van der Waals surface area contributed by atoms with Crippen LogP contribution in [0, 0.1) is 11.3 Å². The Morgan fingerprint density at radius 2 is 2.13 bits per heavy atom. The van der Waals surface area contributed by atoms with Crippen LogP contribution in [-0.4, -0.2) is 24.3 Å². The van der Waals surface area contributed by atoms with E-state index >= 15 is 0 Å². The van der Waals surface area contributed by atoms with Gasteiger partial charge in [-0.15, -0.1) is 0 Å². The molecule has 1 aliphatic heterocycles. The zero-order valence-corrected chi connectivity index (χ0v) is 10.0. The van der Waals surface area contributed by atoms with Gasteiger partial charge < -0.3 is 9.47 Å². The molecule has 1 aliphatic carbocycles. The zero-order valence-electron chi connectivity index (χ0n) is 10.0. The summed E-state index contributed by atoms with van der Waals surface area (Å²) in [5.41, 5.74) is -0.262. The number of ether oxygens (including phenoxy) is 2. The number of carbonyl (C=O) groups is 1. The van der Waals surface area contributed by atoms with Gasteiger partial charge in [0.05, 0.1) is 18.6 Å². The van der Waals surface area contributed by atoms with Gasteiger partial charge in [0, 0.05) is 0 Å². The zero-order chi connectivity index (χ0) is 11.3. The Labute approximate surface area is 91.1 Å². The van der Waals surface area contributed by atoms with E-state index in [1.165, 1.54) is 0 Å². The third-order valence-electron chi connectivity index (χ3n) is 3.91. The monoisotopic (exact) mass is 212 g/mol. The van der Waals surface area contributed by atoms with Crippen LogP contribution in [0.2, 0.25) is 0 Å². The minimum atomic E-state index is -0.256. The van der Waals surface area contributed by atoms with Crippen molar-refractivity contribution in [2.24, 2.45) is 11.3 Å². The summed E-state index contributed by atoms with van der Waals surface area (Å²) < 4.78 is 10.8. The van der Waals surface area contributed by atoms with Crippen molar-refractivity contribution < 1.29 is 14.3 Å². The standard InChI is InChI=1S/C12H20O3/c1-5-14-10(13)9-11(2,3)7-6-8-12(9,4)15-8/h8-9H,5-7H2,1-4H3/t8-,9+,12-/m0/s1. The summed E-state index contributed by atoms with van der Waals surface area (Å²) in [6.07, 6.45) is 2.38. The van der Waals surface area contributed by atoms with Crippen molar-refractivity contribution in [2.75, 3.05) is 6.61 Å². The van der Waals surface area contributed by atoms with Gasteiger partial charge >= 0.3 is 5.97 Å². The van der Waals surface area contributed by atoms with Gasteiger partial charge in [0.25, 0.3) is 0 Å². The largest absolute Gasteiger partial charge is 0.466 e. The first-order chi connectivity index (χ1) is 6.92. The van der Waals surface area contributed by atoms with E-state index in [9.17, 15) is 4.79 Å². The first-order valence-corrected chi connectivity index (χ1v) is 5.76. The van der Waals surface area contributed by atoms with E-state index in [0.717, 1.165) is 12.8 Å². The third-order valence-corrected chi connectivity index (χ3v) is 3.91. The summed E-state index contributed by atoms with van der Waals surface area (Å²) in [5.74, 6) is -0.198. The fraction of sp³-hybridized carbons (Fsp3) is 0.917. The van der Waals surface area contributed by atoms with Crippen LogP contribution in [0.3, 0.4) is 0 Å². The van der Waals surface area contributed by atoms with Gasteiger partial charge in [-0.3, -0.25) is 4.79 Å². The maximum atomic E-state index is 12.0. The molecule has 0 amide bonds. The molecule has 1 saturated carbocycles. The van der Waals surface area contributed by atoms with E-state index in [2.05, 4.69) is 13.8 Å². The van der Waals surface area contributed by atoms with Crippen LogP contribution in [0.1, 0.15) is 40.5 Å². The Kier molecular flexibility index (Phi) is 2.34. The number of rotatable bonds is 2. The van der Waals surface area contributed by atoms with E-state index in [0.29, 0.717) is 6.61 Å². The first kappa shape index (κ1) is 10.9. The molecule has 0 aromatic carbocycles. The highest BCUT2D eigenvalue weighted by Gasteiger charge is 2.67. The Bertz CT molecular complexity index is 280. The number of carbonyl (C=O) groups excluding carboxylic acids is 1. The van der Waals surface area contributed by atoms with Gasteiger partial charge in [0.15, 0.2) is 0 Å². The molecule has 3 atom stereocenters. The third kappa shape index (κ3) is 1.57. The van der Waals surface area contributed by atoms with Crippen molar-refractivity contribution in [3.05, 3.63) is 0 Å². The van der Waals surface area contributed by atoms with E-state index < -0.39 is 0 Å². The predicted octanol–water partition coefficient (Wildman–Crippen LogP) is 2.14. The highest BCUT2D eigenvalue weighted by atomic mass is 16.6. The number of hydrogen-bond acceptors (Lipinski definition) is 3. The molecule has 2 rings (SSSR count). The van der Waals surface area contributed by atoms with Crippen LogP contribution in [0.4, 0.5) is 0 Å². The van der Waals surface area contributed by atoms with Crippen LogP contribution in [0.25, 0.3) is 0 Å². The molecule has 1 saturated heterocycles. The van der Waals surface area contributed by atoms with Crippen LogP contribution in [0.15, 0.2) is 0 Å². The molecule has 86 valence electrons. The molecule has 3 nitrogen and oxygen atoms in total. The molecule has 0 bridgehead atoms. The summed E-state index contributed by atoms with van der Waals surface area (Å²) >= 11 is 0. The second-order valence-corrected chi connectivity index (χ2v) is 5.50. The second kappa shape index (κ2) is 3.21. The number of fused-ring (bicyclic) bond motifs is 1. The van der Waals surface area contributed by atoms with Gasteiger partial charge in [-0.2, -0.15) is 0 Å². The van der Waals surface area contributed by atoms with Gasteiger partial charge in [0.2, 0.25) is 0 Å². The molecule has 0 radical (unpaired) electrons. The quantitative estimate of drug-likeness (QED) is 0.520. The Morgan fingerprint density at radius 3 is 2.73 bits per heavy atom. The maximum absolute atomic E-state index is 12.0. The van der Waals surface area contributed by atoms with Crippen LogP contribution in [-0.2, 0) is 14.3 Å². The van der Waals surface area contributed by atoms with Crippen LogP contribution in [0.5, 0.6) is 0 Å². The second-order valence-electron chi connectivity index (χ2n) is 5.50. The Morgan fingerprint density at radius 1 is 1.47 bits per heavy atom. The van der Waals surface area contributed by atoms with Crippen molar-refractivity contribution in [3.8, 4) is 0 Å². The van der Waals surface area contributed by atoms with Crippen LogP contribution >= 0.6 is 0 Å². The van der Waals surface area contributed by atoms with E-state index in [1.54, 1.807) is 0 Å². The maximum Gasteiger partial charge on any atom is 0.312 e. The molecule has 0 unspecified atom stereocenters. The summed E-state index contributed by atoms with van der Waals surface area (Å²) in [5, 5.41) is 0. The highest BCUT2D eigenvalue weighted by molar-refractivity contribution is 5.76. The first-order valence-electron chi connectivity index (χ1n) is 5.76. The average molecular weight is 212 g/mol. The van der Waals surface area contributed by atoms with Crippen molar-refractivity contribution in [1.29, 1.82) is 0 Å². The molecule has 15 heavy (non-hydrogen) atoms. The Hall–Kier alpha value is -0.570. The predicted molar refractivity (Wildman–Crippen MR) is 56.4 cm³/mol. The van der Waals surface area contributed by atoms with Gasteiger partial charge in [0.1, 0.15) is 5.60 Å². The lowest BCUT2D eigenvalue weighted by Gasteiger charge is -2.38. The van der Waals surface area contributed by atoms with E-state index in [1.807, 2.05) is 13.8 Å². The summed E-state index contributed by atoms with van der Waals surface area (Å²) in [6.45, 7) is 8.61. The number of hydrogen-bond donors (Lipinski definition) is 0. The highest BCUT2D eigenvalue weighted by Crippen LogP contribution is 2.58. The number of epoxide rings is 1. The Balaban J connectivity index is 2.21. The molecule has 0 N–H and O–H groups in total. The molecule has 2 aliphatic rings. The van der Waals surface area contributed by atoms with E-state index in [4.69, 9.17) is 9.47 Å². The average Bonchev–Trinajstić information content (AvgIpc) is 2.74. The van der Waals surface area contributed by atoms with Crippen molar-refractivity contribution in [3.63, 3.8) is 0 Å². The SMILES string of the molecule is CCOC(=O)[C@@H]1C(C)(C)CC[C@@H]2O[C@@]21C. The number of esters is 1.